The monoisotopic (exact) mass is 363 g/mol. The molecule has 2 heterocycles. The number of nitrogens with zero attached hydrogens (tertiary/aromatic N) is 4. The number of hydrogen-bond donors (Lipinski definition) is 1. The highest BCUT2D eigenvalue weighted by atomic mass is 32.1. The van der Waals surface area contributed by atoms with Crippen molar-refractivity contribution < 1.29 is 9.18 Å². The maximum atomic E-state index is 13.0. The standard InChI is InChI=1S/C17H22FN5OS/c1-2-19-15(24)12-22-7-9-23(10-8-22)17-21-20-16(25-17)11-13-3-5-14(18)6-4-13/h3-6H,2,7-12H2,1H3,(H,19,24). The van der Waals surface area contributed by atoms with Gasteiger partial charge in [0.2, 0.25) is 11.0 Å². The molecule has 1 aliphatic rings. The van der Waals surface area contributed by atoms with Crippen molar-refractivity contribution in [2.24, 2.45) is 0 Å². The average molecular weight is 363 g/mol. The van der Waals surface area contributed by atoms with Gasteiger partial charge in [0.05, 0.1) is 6.54 Å². The fourth-order valence-electron chi connectivity index (χ4n) is 2.77. The van der Waals surface area contributed by atoms with Crippen LogP contribution in [-0.2, 0) is 11.2 Å². The summed E-state index contributed by atoms with van der Waals surface area (Å²) in [5, 5.41) is 13.2. The number of hydrogen-bond acceptors (Lipinski definition) is 6. The van der Waals surface area contributed by atoms with Gasteiger partial charge in [0.1, 0.15) is 10.8 Å². The lowest BCUT2D eigenvalue weighted by atomic mass is 10.2. The maximum Gasteiger partial charge on any atom is 0.234 e. The summed E-state index contributed by atoms with van der Waals surface area (Å²) < 4.78 is 13.0. The van der Waals surface area contributed by atoms with Gasteiger partial charge >= 0.3 is 0 Å². The lowest BCUT2D eigenvalue weighted by Gasteiger charge is -2.33. The molecule has 6 nitrogen and oxygen atoms in total. The Balaban J connectivity index is 1.51. The fourth-order valence-corrected chi connectivity index (χ4v) is 3.70. The van der Waals surface area contributed by atoms with Crippen molar-refractivity contribution in [2.45, 2.75) is 13.3 Å². The van der Waals surface area contributed by atoms with Crippen LogP contribution in [0.15, 0.2) is 24.3 Å². The molecule has 25 heavy (non-hydrogen) atoms. The van der Waals surface area contributed by atoms with Crippen LogP contribution in [0, 0.1) is 5.82 Å². The van der Waals surface area contributed by atoms with E-state index in [9.17, 15) is 9.18 Å². The molecule has 0 unspecified atom stereocenters. The first-order valence-corrected chi connectivity index (χ1v) is 9.26. The van der Waals surface area contributed by atoms with Crippen LogP contribution < -0.4 is 10.2 Å². The van der Waals surface area contributed by atoms with Crippen molar-refractivity contribution in [3.05, 3.63) is 40.7 Å². The molecule has 1 aliphatic heterocycles. The van der Waals surface area contributed by atoms with Crippen molar-refractivity contribution in [3.63, 3.8) is 0 Å². The molecule has 0 bridgehead atoms. The summed E-state index contributed by atoms with van der Waals surface area (Å²) in [5.41, 5.74) is 1.02. The molecule has 1 aromatic heterocycles. The molecule has 1 fully saturated rings. The number of carbonyl (C=O) groups excluding carboxylic acids is 1. The Morgan fingerprint density at radius 3 is 2.60 bits per heavy atom. The van der Waals surface area contributed by atoms with E-state index in [0.717, 1.165) is 41.9 Å². The summed E-state index contributed by atoms with van der Waals surface area (Å²) in [5.74, 6) is -0.152. The molecule has 0 aliphatic carbocycles. The molecule has 134 valence electrons. The van der Waals surface area contributed by atoms with Gasteiger partial charge in [-0.25, -0.2) is 4.39 Å². The van der Waals surface area contributed by atoms with E-state index in [1.807, 2.05) is 6.92 Å². The molecule has 1 amide bonds. The first-order valence-electron chi connectivity index (χ1n) is 8.45. The molecule has 0 atom stereocenters. The normalized spacial score (nSPS) is 15.4. The Kier molecular flexibility index (Phi) is 5.93. The van der Waals surface area contributed by atoms with Gasteiger partial charge in [0.15, 0.2) is 0 Å². The summed E-state index contributed by atoms with van der Waals surface area (Å²) in [6.45, 7) is 6.39. The smallest absolute Gasteiger partial charge is 0.234 e. The third-order valence-corrected chi connectivity index (χ3v) is 5.09. The van der Waals surface area contributed by atoms with Gasteiger partial charge in [-0.2, -0.15) is 0 Å². The van der Waals surface area contributed by atoms with Crippen LogP contribution in [0.3, 0.4) is 0 Å². The number of likely N-dealkylation sites (N-methyl/N-ethyl adjacent to an activating group) is 1. The van der Waals surface area contributed by atoms with Gasteiger partial charge < -0.3 is 10.2 Å². The van der Waals surface area contributed by atoms with Gasteiger partial charge in [0, 0.05) is 39.1 Å². The summed E-state index contributed by atoms with van der Waals surface area (Å²) in [4.78, 5) is 16.0. The lowest BCUT2D eigenvalue weighted by molar-refractivity contribution is -0.122. The Hall–Kier alpha value is -2.06. The minimum Gasteiger partial charge on any atom is -0.355 e. The third kappa shape index (κ3) is 4.96. The second kappa shape index (κ2) is 8.35. The molecule has 1 N–H and O–H groups in total. The van der Waals surface area contributed by atoms with Crippen LogP contribution >= 0.6 is 11.3 Å². The van der Waals surface area contributed by atoms with Gasteiger partial charge in [-0.15, -0.1) is 10.2 Å². The van der Waals surface area contributed by atoms with Crippen LogP contribution in [0.5, 0.6) is 0 Å². The first-order chi connectivity index (χ1) is 12.1. The molecule has 8 heteroatoms. The summed E-state index contributed by atoms with van der Waals surface area (Å²) in [7, 11) is 0. The number of halogens is 1. The number of rotatable bonds is 6. The van der Waals surface area contributed by atoms with Gasteiger partial charge in [-0.1, -0.05) is 23.5 Å². The summed E-state index contributed by atoms with van der Waals surface area (Å²) in [6, 6.07) is 6.48. The summed E-state index contributed by atoms with van der Waals surface area (Å²) in [6.07, 6.45) is 0.662. The SMILES string of the molecule is CCNC(=O)CN1CCN(c2nnc(Cc3ccc(F)cc3)s2)CC1. The number of benzene rings is 1. The quantitative estimate of drug-likeness (QED) is 0.843. The van der Waals surface area contributed by atoms with Crippen LogP contribution in [0.4, 0.5) is 9.52 Å². The molecule has 2 aromatic rings. The molecule has 1 saturated heterocycles. The van der Waals surface area contributed by atoms with E-state index in [1.165, 1.54) is 12.1 Å². The molecular formula is C17H22FN5OS. The van der Waals surface area contributed by atoms with Gasteiger partial charge in [0.25, 0.3) is 0 Å². The van der Waals surface area contributed by atoms with Crippen molar-refractivity contribution in [2.75, 3.05) is 44.2 Å². The molecule has 0 radical (unpaired) electrons. The third-order valence-electron chi connectivity index (χ3n) is 4.11. The molecule has 0 spiro atoms. The molecular weight excluding hydrogens is 341 g/mol. The van der Waals surface area contributed by atoms with Crippen LogP contribution in [0.1, 0.15) is 17.5 Å². The number of carbonyl (C=O) groups is 1. The van der Waals surface area contributed by atoms with Gasteiger partial charge in [-0.05, 0) is 24.6 Å². The Morgan fingerprint density at radius 2 is 1.92 bits per heavy atom. The number of nitrogens with one attached hydrogen (secondary N) is 1. The Morgan fingerprint density at radius 1 is 1.20 bits per heavy atom. The number of piperazine rings is 1. The highest BCUT2D eigenvalue weighted by Gasteiger charge is 2.21. The predicted molar refractivity (Wildman–Crippen MR) is 96.5 cm³/mol. The fraction of sp³-hybridized carbons (Fsp3) is 0.471. The van der Waals surface area contributed by atoms with Crippen LogP contribution in [0.2, 0.25) is 0 Å². The minimum absolute atomic E-state index is 0.0773. The Labute approximate surface area is 150 Å². The zero-order chi connectivity index (χ0) is 17.6. The van der Waals surface area contributed by atoms with E-state index in [4.69, 9.17) is 0 Å². The van der Waals surface area contributed by atoms with Crippen molar-refractivity contribution in [3.8, 4) is 0 Å². The molecule has 3 rings (SSSR count). The summed E-state index contributed by atoms with van der Waals surface area (Å²) >= 11 is 1.57. The van der Waals surface area contributed by atoms with Crippen LogP contribution in [-0.4, -0.2) is 60.3 Å². The number of anilines is 1. The average Bonchev–Trinajstić information content (AvgIpc) is 3.06. The van der Waals surface area contributed by atoms with Gasteiger partial charge in [-0.3, -0.25) is 9.69 Å². The van der Waals surface area contributed by atoms with E-state index < -0.39 is 0 Å². The highest BCUT2D eigenvalue weighted by Crippen LogP contribution is 2.23. The second-order valence-electron chi connectivity index (χ2n) is 6.00. The zero-order valence-corrected chi connectivity index (χ0v) is 15.1. The van der Waals surface area contributed by atoms with Crippen molar-refractivity contribution in [1.82, 2.24) is 20.4 Å². The lowest BCUT2D eigenvalue weighted by Crippen LogP contribution is -2.49. The topological polar surface area (TPSA) is 61.4 Å². The predicted octanol–water partition coefficient (Wildman–Crippen LogP) is 1.53. The van der Waals surface area contributed by atoms with Crippen LogP contribution in [0.25, 0.3) is 0 Å². The zero-order valence-electron chi connectivity index (χ0n) is 14.2. The molecule has 1 aromatic carbocycles. The largest absolute Gasteiger partial charge is 0.355 e. The number of amides is 1. The van der Waals surface area contributed by atoms with E-state index >= 15 is 0 Å². The van der Waals surface area contributed by atoms with Crippen molar-refractivity contribution >= 4 is 22.4 Å². The van der Waals surface area contributed by atoms with E-state index in [2.05, 4.69) is 25.3 Å². The van der Waals surface area contributed by atoms with Crippen molar-refractivity contribution in [1.29, 1.82) is 0 Å². The first kappa shape index (κ1) is 17.8. The van der Waals surface area contributed by atoms with E-state index in [1.54, 1.807) is 23.5 Å². The van der Waals surface area contributed by atoms with E-state index in [0.29, 0.717) is 19.5 Å². The highest BCUT2D eigenvalue weighted by molar-refractivity contribution is 7.15. The minimum atomic E-state index is -0.229. The Bertz CT molecular complexity index is 697. The molecule has 0 saturated carbocycles. The second-order valence-corrected chi connectivity index (χ2v) is 7.04. The maximum absolute atomic E-state index is 13.0. The van der Waals surface area contributed by atoms with E-state index in [-0.39, 0.29) is 11.7 Å². The number of aromatic nitrogens is 2.